The first-order valence-corrected chi connectivity index (χ1v) is 15.1. The molecule has 0 aromatic heterocycles. The Morgan fingerprint density at radius 1 is 1.03 bits per heavy atom. The Balaban J connectivity index is 1.38. The lowest BCUT2D eigenvalue weighted by molar-refractivity contribution is -0.149. The van der Waals surface area contributed by atoms with Crippen LogP contribution in [-0.4, -0.2) is 84.5 Å². The third-order valence-electron chi connectivity index (χ3n) is 9.14. The summed E-state index contributed by atoms with van der Waals surface area (Å²) in [4.78, 5) is 45.6. The molecule has 2 saturated heterocycles. The lowest BCUT2D eigenvalue weighted by Gasteiger charge is -2.45. The number of hydrogen-bond donors (Lipinski definition) is 3. The number of nitrogens with zero attached hydrogens (tertiary/aromatic N) is 2. The van der Waals surface area contributed by atoms with Crippen LogP contribution in [-0.2, 0) is 14.4 Å². The van der Waals surface area contributed by atoms with Gasteiger partial charge in [0.05, 0.1) is 18.7 Å². The predicted octanol–water partition coefficient (Wildman–Crippen LogP) is 2.36. The number of fused-ring (bicyclic) bond motifs is 2. The summed E-state index contributed by atoms with van der Waals surface area (Å²) >= 11 is 0. The van der Waals surface area contributed by atoms with Gasteiger partial charge >= 0.3 is 0 Å². The number of likely N-dealkylation sites (N-methyl/N-ethyl adjacent to an activating group) is 1. The van der Waals surface area contributed by atoms with E-state index in [1.54, 1.807) is 0 Å². The van der Waals surface area contributed by atoms with Crippen molar-refractivity contribution in [1.29, 1.82) is 0 Å². The first kappa shape index (κ1) is 27.9. The van der Waals surface area contributed by atoms with Gasteiger partial charge in [0.15, 0.2) is 0 Å². The van der Waals surface area contributed by atoms with Gasteiger partial charge in [-0.1, -0.05) is 44.4 Å². The van der Waals surface area contributed by atoms with Gasteiger partial charge in [0, 0.05) is 31.1 Å². The second kappa shape index (κ2) is 12.7. The molecule has 1 aliphatic carbocycles. The molecular formula is C30H45N5O4. The molecule has 1 saturated carbocycles. The van der Waals surface area contributed by atoms with Crippen molar-refractivity contribution < 1.29 is 19.1 Å². The van der Waals surface area contributed by atoms with E-state index in [0.29, 0.717) is 32.7 Å². The Kier molecular flexibility index (Phi) is 9.07. The Morgan fingerprint density at radius 2 is 1.82 bits per heavy atom. The molecule has 5 rings (SSSR count). The summed E-state index contributed by atoms with van der Waals surface area (Å²) < 4.78 is 5.80. The topological polar surface area (TPSA) is 103 Å². The number of rotatable bonds is 8. The van der Waals surface area contributed by atoms with Gasteiger partial charge in [0.25, 0.3) is 0 Å². The molecule has 1 aromatic rings. The van der Waals surface area contributed by atoms with Crippen LogP contribution in [0.3, 0.4) is 0 Å². The highest BCUT2D eigenvalue weighted by molar-refractivity contribution is 5.93. The molecule has 9 nitrogen and oxygen atoms in total. The van der Waals surface area contributed by atoms with E-state index in [0.717, 1.165) is 62.8 Å². The first-order valence-electron chi connectivity index (χ1n) is 15.1. The molecule has 214 valence electrons. The second-order valence-electron chi connectivity index (χ2n) is 11.7. The molecule has 5 atom stereocenters. The van der Waals surface area contributed by atoms with E-state index in [-0.39, 0.29) is 41.8 Å². The molecule has 5 unspecified atom stereocenters. The highest BCUT2D eigenvalue weighted by Crippen LogP contribution is 2.33. The fourth-order valence-corrected chi connectivity index (χ4v) is 6.95. The monoisotopic (exact) mass is 539 g/mol. The number of carbonyl (C=O) groups excluding carboxylic acids is 3. The van der Waals surface area contributed by atoms with Gasteiger partial charge in [-0.25, -0.2) is 0 Å². The zero-order valence-electron chi connectivity index (χ0n) is 23.5. The minimum Gasteiger partial charge on any atom is -0.493 e. The third kappa shape index (κ3) is 6.24. The summed E-state index contributed by atoms with van der Waals surface area (Å²) in [6.45, 7) is 7.05. The average Bonchev–Trinajstić information content (AvgIpc) is 3.43. The standard InChI is InChI=1S/C30H45N5O4/c1-3-31-20(2)28(36)33-27(21-10-5-4-6-11-21)30(38)35-18-22-12-9-16-34(22)19-25(35)29(37)32-24-15-17-39-26-14-8-7-13-23(24)26/h7-8,13-14,20-22,24-25,27,31H,3-6,9-12,15-19H2,1-2H3,(H,32,37)(H,33,36). The lowest BCUT2D eigenvalue weighted by Crippen LogP contribution is -2.66. The van der Waals surface area contributed by atoms with Crippen LogP contribution in [0.4, 0.5) is 0 Å². The Labute approximate surface area is 232 Å². The van der Waals surface area contributed by atoms with Crippen molar-refractivity contribution in [3.63, 3.8) is 0 Å². The van der Waals surface area contributed by atoms with Crippen LogP contribution in [0, 0.1) is 5.92 Å². The molecule has 0 radical (unpaired) electrons. The fraction of sp³-hybridized carbons (Fsp3) is 0.700. The number of piperazine rings is 1. The summed E-state index contributed by atoms with van der Waals surface area (Å²) in [5, 5.41) is 9.56. The molecule has 9 heteroatoms. The molecule has 3 aliphatic heterocycles. The van der Waals surface area contributed by atoms with E-state index >= 15 is 0 Å². The van der Waals surface area contributed by atoms with E-state index in [1.165, 1.54) is 0 Å². The van der Waals surface area contributed by atoms with Gasteiger partial charge in [-0.3, -0.25) is 19.3 Å². The smallest absolute Gasteiger partial charge is 0.246 e. The van der Waals surface area contributed by atoms with E-state index in [2.05, 4.69) is 20.9 Å². The molecular weight excluding hydrogens is 494 g/mol. The van der Waals surface area contributed by atoms with Crippen molar-refractivity contribution in [3.8, 4) is 5.75 Å². The normalized spacial score (nSPS) is 27.0. The highest BCUT2D eigenvalue weighted by atomic mass is 16.5. The number of para-hydroxylation sites is 1. The van der Waals surface area contributed by atoms with Crippen molar-refractivity contribution in [2.45, 2.75) is 95.4 Å². The Morgan fingerprint density at radius 3 is 2.62 bits per heavy atom. The van der Waals surface area contributed by atoms with E-state index in [4.69, 9.17) is 4.74 Å². The molecule has 39 heavy (non-hydrogen) atoms. The SMILES string of the molecule is CCNC(C)C(=O)NC(C(=O)N1CC2CCCN2CC1C(=O)NC1CCOc2ccccc21)C1CCCCC1. The minimum atomic E-state index is -0.606. The molecule has 3 amide bonds. The molecule has 3 heterocycles. The summed E-state index contributed by atoms with van der Waals surface area (Å²) in [7, 11) is 0. The fourth-order valence-electron chi connectivity index (χ4n) is 6.95. The average molecular weight is 540 g/mol. The van der Waals surface area contributed by atoms with Gasteiger partial charge in [-0.2, -0.15) is 0 Å². The molecule has 0 spiro atoms. The minimum absolute atomic E-state index is 0.0942. The van der Waals surface area contributed by atoms with Gasteiger partial charge in [-0.05, 0) is 57.7 Å². The number of benzene rings is 1. The van der Waals surface area contributed by atoms with Crippen molar-refractivity contribution >= 4 is 17.7 Å². The van der Waals surface area contributed by atoms with E-state index in [1.807, 2.05) is 43.0 Å². The van der Waals surface area contributed by atoms with Crippen LogP contribution < -0.4 is 20.7 Å². The summed E-state index contributed by atoms with van der Waals surface area (Å²) in [6.07, 6.45) is 7.95. The van der Waals surface area contributed by atoms with Crippen molar-refractivity contribution in [3.05, 3.63) is 29.8 Å². The molecule has 3 N–H and O–H groups in total. The van der Waals surface area contributed by atoms with Gasteiger partial charge in [-0.15, -0.1) is 0 Å². The predicted molar refractivity (Wildman–Crippen MR) is 149 cm³/mol. The summed E-state index contributed by atoms with van der Waals surface area (Å²) in [5.41, 5.74) is 0.981. The maximum Gasteiger partial charge on any atom is 0.246 e. The second-order valence-corrected chi connectivity index (χ2v) is 11.7. The largest absolute Gasteiger partial charge is 0.493 e. The first-order chi connectivity index (χ1) is 19.0. The van der Waals surface area contributed by atoms with Crippen molar-refractivity contribution in [2.75, 3.05) is 32.8 Å². The Hall–Kier alpha value is -2.65. The third-order valence-corrected chi connectivity index (χ3v) is 9.14. The van der Waals surface area contributed by atoms with Crippen LogP contribution >= 0.6 is 0 Å². The van der Waals surface area contributed by atoms with Crippen LogP contribution in [0.5, 0.6) is 5.75 Å². The lowest BCUT2D eigenvalue weighted by atomic mass is 9.82. The van der Waals surface area contributed by atoms with Crippen LogP contribution in [0.15, 0.2) is 24.3 Å². The molecule has 1 aromatic carbocycles. The zero-order valence-corrected chi connectivity index (χ0v) is 23.5. The van der Waals surface area contributed by atoms with Crippen molar-refractivity contribution in [2.24, 2.45) is 5.92 Å². The number of hydrogen-bond acceptors (Lipinski definition) is 6. The molecule has 3 fully saturated rings. The summed E-state index contributed by atoms with van der Waals surface area (Å²) in [5.74, 6) is 0.528. The summed E-state index contributed by atoms with van der Waals surface area (Å²) in [6, 6.07) is 6.38. The quantitative estimate of drug-likeness (QED) is 0.469. The van der Waals surface area contributed by atoms with Gasteiger partial charge in [0.2, 0.25) is 17.7 Å². The molecule has 4 aliphatic rings. The zero-order chi connectivity index (χ0) is 27.4. The number of carbonyl (C=O) groups is 3. The maximum atomic E-state index is 14.4. The van der Waals surface area contributed by atoms with Gasteiger partial charge in [0.1, 0.15) is 17.8 Å². The van der Waals surface area contributed by atoms with Crippen LogP contribution in [0.1, 0.15) is 76.8 Å². The number of ether oxygens (including phenoxy) is 1. The highest BCUT2D eigenvalue weighted by Gasteiger charge is 2.45. The molecule has 0 bridgehead atoms. The van der Waals surface area contributed by atoms with Gasteiger partial charge < -0.3 is 25.6 Å². The number of amides is 3. The van der Waals surface area contributed by atoms with Crippen LogP contribution in [0.25, 0.3) is 0 Å². The van der Waals surface area contributed by atoms with E-state index < -0.39 is 12.1 Å². The number of nitrogens with one attached hydrogen (secondary N) is 3. The van der Waals surface area contributed by atoms with E-state index in [9.17, 15) is 14.4 Å². The van der Waals surface area contributed by atoms with Crippen molar-refractivity contribution in [1.82, 2.24) is 25.8 Å². The maximum absolute atomic E-state index is 14.4. The Bertz CT molecular complexity index is 1030. The van der Waals surface area contributed by atoms with Crippen LogP contribution in [0.2, 0.25) is 0 Å².